The van der Waals surface area contributed by atoms with Gasteiger partial charge in [0.1, 0.15) is 17.7 Å². The van der Waals surface area contributed by atoms with E-state index in [9.17, 15) is 26.3 Å². The molecule has 0 aliphatic rings. The van der Waals surface area contributed by atoms with Crippen LogP contribution in [0.25, 0.3) is 111 Å². The second-order valence-corrected chi connectivity index (χ2v) is 18.0. The van der Waals surface area contributed by atoms with Gasteiger partial charge in [-0.2, -0.15) is 26.3 Å². The van der Waals surface area contributed by atoms with Crippen molar-refractivity contribution in [1.29, 1.82) is 26.3 Å². The van der Waals surface area contributed by atoms with Gasteiger partial charge in [-0.1, -0.05) is 121 Å². The molecule has 0 bridgehead atoms. The Hall–Kier alpha value is -11.0. The minimum Gasteiger partial charge on any atom is -0.308 e. The molecular formula is C64H36N10. The third-order valence-corrected chi connectivity index (χ3v) is 13.8. The van der Waals surface area contributed by atoms with E-state index in [0.717, 1.165) is 88.1 Å². The molecule has 0 N–H and O–H groups in total. The summed E-state index contributed by atoms with van der Waals surface area (Å²) >= 11 is 0. The molecule has 9 aromatic carbocycles. The monoisotopic (exact) mass is 944 g/mol. The topological polar surface area (TPSA) is 167 Å². The molecule has 0 unspecified atom stereocenters. The minimum absolute atomic E-state index is 0.336. The molecule has 0 saturated carbocycles. The Morgan fingerprint density at radius 3 is 0.946 bits per heavy atom. The molecule has 10 heteroatoms. The molecule has 0 spiro atoms. The van der Waals surface area contributed by atoms with E-state index in [2.05, 4.69) is 93.0 Å². The van der Waals surface area contributed by atoms with E-state index in [4.69, 9.17) is 9.97 Å². The number of nitriles is 5. The van der Waals surface area contributed by atoms with Gasteiger partial charge in [-0.15, -0.1) is 0 Å². The fourth-order valence-electron chi connectivity index (χ4n) is 10.5. The zero-order valence-corrected chi connectivity index (χ0v) is 39.8. The van der Waals surface area contributed by atoms with E-state index in [1.54, 1.807) is 24.3 Å². The van der Waals surface area contributed by atoms with Crippen LogP contribution in [0.3, 0.4) is 0 Å². The lowest BCUT2D eigenvalue weighted by Gasteiger charge is -2.19. The fraction of sp³-hybridized carbons (Fsp3) is 0.0312. The summed E-state index contributed by atoms with van der Waals surface area (Å²) in [5.41, 5.74) is 13.8. The van der Waals surface area contributed by atoms with Crippen LogP contribution >= 0.6 is 0 Å². The van der Waals surface area contributed by atoms with Gasteiger partial charge in [-0.25, -0.2) is 15.0 Å². The zero-order valence-electron chi connectivity index (χ0n) is 39.8. The van der Waals surface area contributed by atoms with Crippen LogP contribution in [0.5, 0.6) is 0 Å². The van der Waals surface area contributed by atoms with Gasteiger partial charge >= 0.3 is 0 Å². The summed E-state index contributed by atoms with van der Waals surface area (Å²) in [6.07, 6.45) is 0. The van der Waals surface area contributed by atoms with E-state index < -0.39 is 0 Å². The van der Waals surface area contributed by atoms with E-state index in [1.807, 2.05) is 123 Å². The summed E-state index contributed by atoms with van der Waals surface area (Å²) < 4.78 is 4.23. The highest BCUT2D eigenvalue weighted by Crippen LogP contribution is 2.44. The number of aryl methyl sites for hydroxylation is 2. The van der Waals surface area contributed by atoms with Gasteiger partial charge in [-0.3, -0.25) is 0 Å². The molecule has 0 saturated heterocycles. The molecule has 0 fully saturated rings. The Bertz CT molecular complexity index is 4340. The summed E-state index contributed by atoms with van der Waals surface area (Å²) in [6, 6.07) is 70.6. The van der Waals surface area contributed by atoms with Crippen molar-refractivity contribution in [1.82, 2.24) is 24.1 Å². The van der Waals surface area contributed by atoms with Crippen LogP contribution in [0.15, 0.2) is 182 Å². The van der Waals surface area contributed by atoms with E-state index in [0.29, 0.717) is 62.2 Å². The Labute approximate surface area is 425 Å². The third-order valence-electron chi connectivity index (χ3n) is 13.8. The van der Waals surface area contributed by atoms with Crippen molar-refractivity contribution in [3.8, 4) is 97.6 Å². The number of benzene rings is 9. The molecule has 10 nitrogen and oxygen atoms in total. The Kier molecular flexibility index (Phi) is 10.6. The van der Waals surface area contributed by atoms with Crippen LogP contribution in [-0.4, -0.2) is 24.1 Å². The molecule has 0 aliphatic heterocycles. The highest BCUT2D eigenvalue weighted by Gasteiger charge is 2.25. The molecule has 74 heavy (non-hydrogen) atoms. The van der Waals surface area contributed by atoms with Crippen LogP contribution in [0.1, 0.15) is 39.5 Å². The molecule has 0 aliphatic carbocycles. The van der Waals surface area contributed by atoms with Gasteiger partial charge in [0.2, 0.25) is 0 Å². The molecule has 342 valence electrons. The van der Waals surface area contributed by atoms with Crippen molar-refractivity contribution < 1.29 is 0 Å². The first-order valence-corrected chi connectivity index (χ1v) is 23.7. The van der Waals surface area contributed by atoms with Crippen LogP contribution < -0.4 is 0 Å². The van der Waals surface area contributed by atoms with Gasteiger partial charge in [0.25, 0.3) is 0 Å². The second kappa shape index (κ2) is 17.8. The quantitative estimate of drug-likeness (QED) is 0.152. The van der Waals surface area contributed by atoms with Crippen molar-refractivity contribution in [2.45, 2.75) is 13.8 Å². The van der Waals surface area contributed by atoms with Gasteiger partial charge in [0.05, 0.1) is 85.5 Å². The van der Waals surface area contributed by atoms with E-state index in [-0.39, 0.29) is 0 Å². The fourth-order valence-corrected chi connectivity index (χ4v) is 10.5. The Balaban J connectivity index is 1.22. The lowest BCUT2D eigenvalue weighted by molar-refractivity contribution is 0.926. The van der Waals surface area contributed by atoms with Crippen molar-refractivity contribution in [2.24, 2.45) is 0 Å². The predicted molar refractivity (Wildman–Crippen MR) is 289 cm³/mol. The molecule has 0 amide bonds. The van der Waals surface area contributed by atoms with Crippen LogP contribution in [0.4, 0.5) is 0 Å². The molecule has 0 atom stereocenters. The molecule has 3 aromatic heterocycles. The highest BCUT2D eigenvalue weighted by atomic mass is 15.1. The SMILES string of the molecule is Cc1nc(C)nc(-c2cc(-n3c4cc(-c5ccccc5C#N)ccc4c4ccc(-c5ccccc5C#N)cc43)c(C#N)cc2-n2c3cc(-c4ccccc4C#N)ccc3c3ccc(-c4ccccc4C#N)cc32)n1. The zero-order chi connectivity index (χ0) is 50.6. The highest BCUT2D eigenvalue weighted by molar-refractivity contribution is 6.13. The lowest BCUT2D eigenvalue weighted by Crippen LogP contribution is -2.07. The van der Waals surface area contributed by atoms with Gasteiger partial charge in [0, 0.05) is 27.1 Å². The van der Waals surface area contributed by atoms with Crippen molar-refractivity contribution in [3.63, 3.8) is 0 Å². The van der Waals surface area contributed by atoms with Crippen molar-refractivity contribution >= 4 is 43.6 Å². The molecule has 12 aromatic rings. The van der Waals surface area contributed by atoms with Crippen molar-refractivity contribution in [2.75, 3.05) is 0 Å². The van der Waals surface area contributed by atoms with E-state index in [1.165, 1.54) is 0 Å². The molecule has 3 heterocycles. The molecule has 0 radical (unpaired) electrons. The summed E-state index contributed by atoms with van der Waals surface area (Å²) in [6.45, 7) is 3.66. The number of hydrogen-bond acceptors (Lipinski definition) is 8. The van der Waals surface area contributed by atoms with Gasteiger partial charge < -0.3 is 9.13 Å². The van der Waals surface area contributed by atoms with Gasteiger partial charge in [0.15, 0.2) is 5.82 Å². The first kappa shape index (κ1) is 44.3. The first-order valence-electron chi connectivity index (χ1n) is 23.7. The van der Waals surface area contributed by atoms with Crippen LogP contribution in [0.2, 0.25) is 0 Å². The maximum atomic E-state index is 11.6. The van der Waals surface area contributed by atoms with E-state index >= 15 is 0 Å². The normalized spacial score (nSPS) is 11.0. The standard InChI is InChI=1S/C64H36N10/c1-38-70-39(2)72-64(71-38)57-32-58(73-59-27-40(49-15-7-3-11-44(49)33-65)19-23-53(59)54-24-20-41(28-60(54)73)50-16-8-4-12-45(50)34-66)48(37-69)31-63(57)74-61-29-42(51-17-9-5-13-46(51)35-67)21-25-55(61)56-26-22-43(30-62(56)74)52-18-10-6-14-47(52)36-68/h3-32H,1-2H3. The first-order chi connectivity index (χ1) is 36.3. The minimum atomic E-state index is 0.336. The number of rotatable bonds is 7. The summed E-state index contributed by atoms with van der Waals surface area (Å²) in [4.78, 5) is 14.6. The maximum absolute atomic E-state index is 11.6. The summed E-state index contributed by atoms with van der Waals surface area (Å²) in [7, 11) is 0. The predicted octanol–water partition coefficient (Wildman–Crippen LogP) is 14.4. The second-order valence-electron chi connectivity index (χ2n) is 18.0. The Morgan fingerprint density at radius 2 is 0.622 bits per heavy atom. The summed E-state index contributed by atoms with van der Waals surface area (Å²) in [5, 5.41) is 56.3. The molecule has 12 rings (SSSR count). The maximum Gasteiger partial charge on any atom is 0.165 e. The largest absolute Gasteiger partial charge is 0.308 e. The lowest BCUT2D eigenvalue weighted by atomic mass is 9.98. The average molecular weight is 945 g/mol. The number of hydrogen-bond donors (Lipinski definition) is 0. The number of nitrogens with zero attached hydrogens (tertiary/aromatic N) is 10. The third kappa shape index (κ3) is 7.18. The Morgan fingerprint density at radius 1 is 0.311 bits per heavy atom. The van der Waals surface area contributed by atoms with Crippen LogP contribution in [0, 0.1) is 70.5 Å². The van der Waals surface area contributed by atoms with Crippen LogP contribution in [-0.2, 0) is 0 Å². The number of aromatic nitrogens is 5. The average Bonchev–Trinajstić information content (AvgIpc) is 3.95. The van der Waals surface area contributed by atoms with Gasteiger partial charge in [-0.05, 0) is 119 Å². The summed E-state index contributed by atoms with van der Waals surface area (Å²) in [5.74, 6) is 1.41. The molecular weight excluding hydrogens is 909 g/mol. The smallest absolute Gasteiger partial charge is 0.165 e. The number of fused-ring (bicyclic) bond motifs is 6. The van der Waals surface area contributed by atoms with Crippen molar-refractivity contribution in [3.05, 3.63) is 221 Å².